The normalized spacial score (nSPS) is 16.9. The minimum atomic E-state index is 1.01. The zero-order valence-electron chi connectivity index (χ0n) is 10.2. The maximum Gasteiger partial charge on any atom is 0.107 e. The molecule has 1 saturated heterocycles. The number of hydrogen-bond donors (Lipinski definition) is 0. The Morgan fingerprint density at radius 2 is 1.89 bits per heavy atom. The van der Waals surface area contributed by atoms with Crippen molar-refractivity contribution in [1.29, 1.82) is 0 Å². The van der Waals surface area contributed by atoms with Crippen molar-refractivity contribution in [2.75, 3.05) is 24.6 Å². The van der Waals surface area contributed by atoms with Crippen molar-refractivity contribution in [3.8, 4) is 11.3 Å². The molecule has 4 heteroatoms. The van der Waals surface area contributed by atoms with Crippen LogP contribution in [0.25, 0.3) is 11.3 Å². The van der Waals surface area contributed by atoms with E-state index in [1.807, 2.05) is 6.07 Å². The highest BCUT2D eigenvalue weighted by Gasteiger charge is 2.13. The summed E-state index contributed by atoms with van der Waals surface area (Å²) in [7, 11) is 0. The first-order chi connectivity index (χ1) is 8.92. The Balaban J connectivity index is 1.69. The van der Waals surface area contributed by atoms with E-state index < -0.39 is 0 Å². The molecule has 0 amide bonds. The first-order valence-corrected chi connectivity index (χ1v) is 8.25. The van der Waals surface area contributed by atoms with E-state index in [0.29, 0.717) is 0 Å². The van der Waals surface area contributed by atoms with Gasteiger partial charge >= 0.3 is 0 Å². The minimum absolute atomic E-state index is 1.01. The second-order valence-corrected chi connectivity index (χ2v) is 6.55. The number of thioether (sulfide) groups is 1. The second-order valence-electron chi connectivity index (χ2n) is 4.38. The van der Waals surface area contributed by atoms with Crippen LogP contribution in [0.1, 0.15) is 5.01 Å². The number of rotatable bonds is 3. The Labute approximate surface area is 116 Å². The van der Waals surface area contributed by atoms with Crippen LogP contribution in [-0.4, -0.2) is 34.5 Å². The summed E-state index contributed by atoms with van der Waals surface area (Å²) in [6.45, 7) is 3.41. The lowest BCUT2D eigenvalue weighted by atomic mass is 10.2. The van der Waals surface area contributed by atoms with Crippen molar-refractivity contribution in [1.82, 2.24) is 9.88 Å². The molecule has 1 aromatic carbocycles. The molecule has 2 aromatic rings. The van der Waals surface area contributed by atoms with Crippen LogP contribution >= 0.6 is 23.1 Å². The van der Waals surface area contributed by atoms with Crippen LogP contribution < -0.4 is 0 Å². The van der Waals surface area contributed by atoms with Crippen LogP contribution in [0.15, 0.2) is 35.7 Å². The largest absolute Gasteiger partial charge is 0.295 e. The predicted molar refractivity (Wildman–Crippen MR) is 80.2 cm³/mol. The number of thiazole rings is 1. The molecule has 1 aliphatic rings. The van der Waals surface area contributed by atoms with E-state index in [4.69, 9.17) is 4.98 Å². The van der Waals surface area contributed by atoms with Crippen molar-refractivity contribution in [3.63, 3.8) is 0 Å². The third-order valence-electron chi connectivity index (χ3n) is 3.08. The molecule has 2 heterocycles. The molecule has 0 N–H and O–H groups in total. The molecule has 1 aliphatic heterocycles. The Morgan fingerprint density at radius 1 is 1.11 bits per heavy atom. The lowest BCUT2D eigenvalue weighted by molar-refractivity contribution is 0.294. The summed E-state index contributed by atoms with van der Waals surface area (Å²) in [5.74, 6) is 2.52. The van der Waals surface area contributed by atoms with Gasteiger partial charge in [-0.3, -0.25) is 4.90 Å². The molecule has 0 radical (unpaired) electrons. The van der Waals surface area contributed by atoms with Crippen molar-refractivity contribution in [2.24, 2.45) is 0 Å². The van der Waals surface area contributed by atoms with E-state index in [0.717, 1.165) is 12.2 Å². The van der Waals surface area contributed by atoms with E-state index >= 15 is 0 Å². The summed E-state index contributed by atoms with van der Waals surface area (Å²) < 4.78 is 0. The minimum Gasteiger partial charge on any atom is -0.295 e. The van der Waals surface area contributed by atoms with Gasteiger partial charge in [0.15, 0.2) is 0 Å². The zero-order valence-corrected chi connectivity index (χ0v) is 11.8. The summed E-state index contributed by atoms with van der Waals surface area (Å²) in [6, 6.07) is 10.4. The van der Waals surface area contributed by atoms with Gasteiger partial charge < -0.3 is 0 Å². The van der Waals surface area contributed by atoms with Crippen LogP contribution in [0.4, 0.5) is 0 Å². The zero-order chi connectivity index (χ0) is 12.2. The molecule has 0 atom stereocenters. The van der Waals surface area contributed by atoms with E-state index in [-0.39, 0.29) is 0 Å². The topological polar surface area (TPSA) is 16.1 Å². The smallest absolute Gasteiger partial charge is 0.107 e. The SMILES string of the molecule is c1ccc(-c2csc(CN3CCSCC3)n2)cc1. The second kappa shape index (κ2) is 5.87. The van der Waals surface area contributed by atoms with Crippen molar-refractivity contribution in [3.05, 3.63) is 40.7 Å². The van der Waals surface area contributed by atoms with Crippen LogP contribution in [0.5, 0.6) is 0 Å². The number of nitrogens with zero attached hydrogens (tertiary/aromatic N) is 2. The Morgan fingerprint density at radius 3 is 2.67 bits per heavy atom. The Hall–Kier alpha value is -0.840. The summed E-state index contributed by atoms with van der Waals surface area (Å²) in [5, 5.41) is 3.41. The number of benzene rings is 1. The summed E-state index contributed by atoms with van der Waals surface area (Å²) >= 11 is 3.83. The molecule has 2 nitrogen and oxygen atoms in total. The standard InChI is InChI=1S/C14H16N2S2/c1-2-4-12(5-3-1)13-11-18-14(15-13)10-16-6-8-17-9-7-16/h1-5,11H,6-10H2. The van der Waals surface area contributed by atoms with Gasteiger partial charge in [-0.1, -0.05) is 30.3 Å². The maximum absolute atomic E-state index is 4.74. The van der Waals surface area contributed by atoms with Gasteiger partial charge in [0, 0.05) is 35.5 Å². The molecule has 18 heavy (non-hydrogen) atoms. The molecule has 0 spiro atoms. The Kier molecular flexibility index (Phi) is 3.98. The van der Waals surface area contributed by atoms with Gasteiger partial charge in [-0.2, -0.15) is 11.8 Å². The third-order valence-corrected chi connectivity index (χ3v) is 4.86. The van der Waals surface area contributed by atoms with E-state index in [1.165, 1.54) is 35.2 Å². The molecule has 0 unspecified atom stereocenters. The predicted octanol–water partition coefficient (Wildman–Crippen LogP) is 3.36. The fraction of sp³-hybridized carbons (Fsp3) is 0.357. The molecule has 0 aliphatic carbocycles. The van der Waals surface area contributed by atoms with Gasteiger partial charge in [0.2, 0.25) is 0 Å². The quantitative estimate of drug-likeness (QED) is 0.855. The number of hydrogen-bond acceptors (Lipinski definition) is 4. The van der Waals surface area contributed by atoms with Crippen molar-refractivity contribution < 1.29 is 0 Å². The highest BCUT2D eigenvalue weighted by atomic mass is 32.2. The molecule has 1 fully saturated rings. The first-order valence-electron chi connectivity index (χ1n) is 6.22. The van der Waals surface area contributed by atoms with Gasteiger partial charge in [-0.05, 0) is 0 Å². The summed E-state index contributed by atoms with van der Waals surface area (Å²) in [5.41, 5.74) is 2.33. The maximum atomic E-state index is 4.74. The van der Waals surface area contributed by atoms with Crippen molar-refractivity contribution in [2.45, 2.75) is 6.54 Å². The van der Waals surface area contributed by atoms with Crippen LogP contribution in [0.2, 0.25) is 0 Å². The van der Waals surface area contributed by atoms with E-state index in [9.17, 15) is 0 Å². The third kappa shape index (κ3) is 2.94. The lowest BCUT2D eigenvalue weighted by Gasteiger charge is -2.24. The monoisotopic (exact) mass is 276 g/mol. The summed E-state index contributed by atoms with van der Waals surface area (Å²) in [6.07, 6.45) is 0. The molecule has 3 rings (SSSR count). The van der Waals surface area contributed by atoms with Gasteiger partial charge in [0.25, 0.3) is 0 Å². The highest BCUT2D eigenvalue weighted by molar-refractivity contribution is 7.99. The molecule has 94 valence electrons. The fourth-order valence-corrected chi connectivity index (χ4v) is 3.90. The highest BCUT2D eigenvalue weighted by Crippen LogP contribution is 2.23. The van der Waals surface area contributed by atoms with Crippen LogP contribution in [0, 0.1) is 0 Å². The van der Waals surface area contributed by atoms with E-state index in [2.05, 4.69) is 46.3 Å². The molecular formula is C14H16N2S2. The summed E-state index contributed by atoms with van der Waals surface area (Å²) in [4.78, 5) is 7.25. The van der Waals surface area contributed by atoms with Gasteiger partial charge in [-0.15, -0.1) is 11.3 Å². The van der Waals surface area contributed by atoms with Gasteiger partial charge in [-0.25, -0.2) is 4.98 Å². The fourth-order valence-electron chi connectivity index (χ4n) is 2.08. The van der Waals surface area contributed by atoms with Crippen molar-refractivity contribution >= 4 is 23.1 Å². The first kappa shape index (κ1) is 12.2. The number of aromatic nitrogens is 1. The average Bonchev–Trinajstić information content (AvgIpc) is 2.89. The molecule has 0 bridgehead atoms. The van der Waals surface area contributed by atoms with E-state index in [1.54, 1.807) is 11.3 Å². The molecule has 1 aromatic heterocycles. The average molecular weight is 276 g/mol. The van der Waals surface area contributed by atoms with Gasteiger partial charge in [0.1, 0.15) is 5.01 Å². The van der Waals surface area contributed by atoms with Crippen LogP contribution in [-0.2, 0) is 6.54 Å². The van der Waals surface area contributed by atoms with Gasteiger partial charge in [0.05, 0.1) is 12.2 Å². The molecular weight excluding hydrogens is 260 g/mol. The van der Waals surface area contributed by atoms with Crippen LogP contribution in [0.3, 0.4) is 0 Å². The lowest BCUT2D eigenvalue weighted by Crippen LogP contribution is -2.31. The Bertz CT molecular complexity index is 490. The molecule has 0 saturated carbocycles.